The first kappa shape index (κ1) is 20.5. The molecule has 0 radical (unpaired) electrons. The van der Waals surface area contributed by atoms with Gasteiger partial charge in [-0.3, -0.25) is 9.59 Å². The van der Waals surface area contributed by atoms with Crippen LogP contribution in [0.1, 0.15) is 39.8 Å². The van der Waals surface area contributed by atoms with Gasteiger partial charge < -0.3 is 10.6 Å². The van der Waals surface area contributed by atoms with Gasteiger partial charge in [0.1, 0.15) is 0 Å². The Bertz CT molecular complexity index is 934. The summed E-state index contributed by atoms with van der Waals surface area (Å²) in [7, 11) is -3.18. The van der Waals surface area contributed by atoms with Gasteiger partial charge in [0, 0.05) is 30.4 Å². The van der Waals surface area contributed by atoms with Gasteiger partial charge in [-0.25, -0.2) is 12.7 Å². The molecule has 2 amide bonds. The number of rotatable bonds is 6. The fourth-order valence-corrected chi connectivity index (χ4v) is 4.82. The highest BCUT2D eigenvalue weighted by Crippen LogP contribution is 2.17. The first-order chi connectivity index (χ1) is 13.4. The lowest BCUT2D eigenvalue weighted by molar-refractivity contribution is 0.0922. The number of nitrogens with zero attached hydrogens (tertiary/aromatic N) is 1. The van der Waals surface area contributed by atoms with Crippen molar-refractivity contribution >= 4 is 38.9 Å². The molecule has 150 valence electrons. The zero-order chi connectivity index (χ0) is 20.1. The van der Waals surface area contributed by atoms with Crippen LogP contribution in [-0.4, -0.2) is 49.4 Å². The minimum absolute atomic E-state index is 0.0693. The Labute approximate surface area is 168 Å². The molecule has 2 heterocycles. The summed E-state index contributed by atoms with van der Waals surface area (Å²) in [6.45, 7) is 2.46. The van der Waals surface area contributed by atoms with Crippen LogP contribution in [0, 0.1) is 0 Å². The van der Waals surface area contributed by atoms with Gasteiger partial charge in [0.25, 0.3) is 11.8 Å². The molecule has 0 saturated carbocycles. The maximum Gasteiger partial charge on any atom is 0.265 e. The summed E-state index contributed by atoms with van der Waals surface area (Å²) in [6.07, 6.45) is 1.17. The highest BCUT2D eigenvalue weighted by Gasteiger charge is 2.27. The van der Waals surface area contributed by atoms with E-state index in [-0.39, 0.29) is 23.6 Å². The van der Waals surface area contributed by atoms with Crippen molar-refractivity contribution in [3.8, 4) is 0 Å². The van der Waals surface area contributed by atoms with Gasteiger partial charge in [-0.05, 0) is 49.4 Å². The zero-order valence-corrected chi connectivity index (χ0v) is 17.2. The van der Waals surface area contributed by atoms with Gasteiger partial charge >= 0.3 is 0 Å². The van der Waals surface area contributed by atoms with E-state index < -0.39 is 10.0 Å². The SMILES string of the molecule is CCS(=O)(=O)N1CCC(NC(=O)c2cccc(NC(=O)c3cccs3)c2)CC1. The Hall–Kier alpha value is -2.23. The lowest BCUT2D eigenvalue weighted by Gasteiger charge is -2.31. The molecule has 2 aromatic rings. The monoisotopic (exact) mass is 421 g/mol. The summed E-state index contributed by atoms with van der Waals surface area (Å²) >= 11 is 1.35. The second-order valence-electron chi connectivity index (χ2n) is 6.56. The number of carbonyl (C=O) groups is 2. The summed E-state index contributed by atoms with van der Waals surface area (Å²) in [5, 5.41) is 7.58. The number of nitrogens with one attached hydrogen (secondary N) is 2. The molecular weight excluding hydrogens is 398 g/mol. The molecule has 1 aromatic carbocycles. The number of carbonyl (C=O) groups excluding carboxylic acids is 2. The van der Waals surface area contributed by atoms with E-state index in [0.717, 1.165) is 0 Å². The zero-order valence-electron chi connectivity index (χ0n) is 15.6. The molecule has 0 bridgehead atoms. The Morgan fingerprint density at radius 2 is 1.89 bits per heavy atom. The molecule has 28 heavy (non-hydrogen) atoms. The number of thiophene rings is 1. The Kier molecular flexibility index (Phi) is 6.48. The smallest absolute Gasteiger partial charge is 0.265 e. The first-order valence-corrected chi connectivity index (χ1v) is 11.6. The standard InChI is InChI=1S/C19H23N3O4S2/c1-2-28(25,26)22-10-8-15(9-11-22)20-18(23)14-5-3-6-16(13-14)21-19(24)17-7-4-12-27-17/h3-7,12-13,15H,2,8-11H2,1H3,(H,20,23)(H,21,24). The van der Waals surface area contributed by atoms with E-state index in [4.69, 9.17) is 0 Å². The van der Waals surface area contributed by atoms with E-state index in [9.17, 15) is 18.0 Å². The van der Waals surface area contributed by atoms with Crippen molar-refractivity contribution in [1.82, 2.24) is 9.62 Å². The third kappa shape index (κ3) is 4.98. The van der Waals surface area contributed by atoms with Crippen molar-refractivity contribution < 1.29 is 18.0 Å². The van der Waals surface area contributed by atoms with Crippen LogP contribution in [0.4, 0.5) is 5.69 Å². The average molecular weight is 422 g/mol. The summed E-state index contributed by atoms with van der Waals surface area (Å²) in [4.78, 5) is 25.3. The molecule has 0 aliphatic carbocycles. The van der Waals surface area contributed by atoms with Crippen molar-refractivity contribution in [2.75, 3.05) is 24.2 Å². The second kappa shape index (κ2) is 8.85. The highest BCUT2D eigenvalue weighted by atomic mass is 32.2. The lowest BCUT2D eigenvalue weighted by atomic mass is 10.1. The van der Waals surface area contributed by atoms with E-state index in [2.05, 4.69) is 10.6 Å². The largest absolute Gasteiger partial charge is 0.349 e. The van der Waals surface area contributed by atoms with E-state index >= 15 is 0 Å². The molecule has 0 spiro atoms. The number of sulfonamides is 1. The lowest BCUT2D eigenvalue weighted by Crippen LogP contribution is -2.46. The van der Waals surface area contributed by atoms with Crippen LogP contribution in [0.2, 0.25) is 0 Å². The number of hydrogen-bond donors (Lipinski definition) is 2. The van der Waals surface area contributed by atoms with E-state index in [1.54, 1.807) is 43.3 Å². The third-order valence-electron chi connectivity index (χ3n) is 4.67. The van der Waals surface area contributed by atoms with Crippen LogP contribution in [0.15, 0.2) is 41.8 Å². The number of anilines is 1. The summed E-state index contributed by atoms with van der Waals surface area (Å²) in [6, 6.07) is 10.2. The van der Waals surface area contributed by atoms with Gasteiger partial charge in [0.05, 0.1) is 10.6 Å². The van der Waals surface area contributed by atoms with Crippen molar-refractivity contribution in [2.45, 2.75) is 25.8 Å². The molecule has 0 atom stereocenters. The van der Waals surface area contributed by atoms with Gasteiger partial charge in [0.2, 0.25) is 10.0 Å². The Morgan fingerprint density at radius 1 is 1.14 bits per heavy atom. The molecule has 1 aromatic heterocycles. The number of amides is 2. The van der Waals surface area contributed by atoms with Crippen LogP contribution in [0.5, 0.6) is 0 Å². The summed E-state index contributed by atoms with van der Waals surface area (Å²) in [5.41, 5.74) is 1.00. The third-order valence-corrected chi connectivity index (χ3v) is 7.43. The van der Waals surface area contributed by atoms with E-state index in [0.29, 0.717) is 42.1 Å². The molecule has 0 unspecified atom stereocenters. The normalized spacial score (nSPS) is 15.9. The van der Waals surface area contributed by atoms with Gasteiger partial charge in [-0.2, -0.15) is 0 Å². The van der Waals surface area contributed by atoms with Crippen LogP contribution >= 0.6 is 11.3 Å². The quantitative estimate of drug-likeness (QED) is 0.749. The molecular formula is C19H23N3O4S2. The summed E-state index contributed by atoms with van der Waals surface area (Å²) < 4.78 is 25.3. The Morgan fingerprint density at radius 3 is 2.54 bits per heavy atom. The van der Waals surface area contributed by atoms with E-state index in [1.807, 2.05) is 5.38 Å². The maximum atomic E-state index is 12.6. The molecule has 7 nitrogen and oxygen atoms in total. The van der Waals surface area contributed by atoms with Crippen molar-refractivity contribution in [1.29, 1.82) is 0 Å². The molecule has 2 N–H and O–H groups in total. The molecule has 3 rings (SSSR count). The second-order valence-corrected chi connectivity index (χ2v) is 9.76. The van der Waals surface area contributed by atoms with Crippen LogP contribution < -0.4 is 10.6 Å². The maximum absolute atomic E-state index is 12.6. The van der Waals surface area contributed by atoms with Gasteiger partial charge in [-0.15, -0.1) is 11.3 Å². The fourth-order valence-electron chi connectivity index (χ4n) is 3.07. The number of piperidine rings is 1. The number of benzene rings is 1. The van der Waals surface area contributed by atoms with Gasteiger partial charge in [0.15, 0.2) is 0 Å². The van der Waals surface area contributed by atoms with Crippen molar-refractivity contribution in [2.24, 2.45) is 0 Å². The first-order valence-electron chi connectivity index (χ1n) is 9.12. The van der Waals surface area contributed by atoms with E-state index in [1.165, 1.54) is 15.6 Å². The van der Waals surface area contributed by atoms with Crippen LogP contribution in [0.25, 0.3) is 0 Å². The predicted molar refractivity (Wildman–Crippen MR) is 110 cm³/mol. The minimum Gasteiger partial charge on any atom is -0.349 e. The average Bonchev–Trinajstić information content (AvgIpc) is 3.23. The number of hydrogen-bond acceptors (Lipinski definition) is 5. The van der Waals surface area contributed by atoms with Crippen molar-refractivity contribution in [3.05, 3.63) is 52.2 Å². The topological polar surface area (TPSA) is 95.6 Å². The molecule has 1 fully saturated rings. The summed E-state index contributed by atoms with van der Waals surface area (Å²) in [5.74, 6) is -0.352. The molecule has 9 heteroatoms. The van der Waals surface area contributed by atoms with Crippen LogP contribution in [0.3, 0.4) is 0 Å². The molecule has 1 aliphatic rings. The molecule has 1 aliphatic heterocycles. The van der Waals surface area contributed by atoms with Gasteiger partial charge in [-0.1, -0.05) is 12.1 Å². The molecule has 1 saturated heterocycles. The fraction of sp³-hybridized carbons (Fsp3) is 0.368. The van der Waals surface area contributed by atoms with Crippen LogP contribution in [-0.2, 0) is 10.0 Å². The highest BCUT2D eigenvalue weighted by molar-refractivity contribution is 7.89. The predicted octanol–water partition coefficient (Wildman–Crippen LogP) is 2.54. The van der Waals surface area contributed by atoms with Crippen molar-refractivity contribution in [3.63, 3.8) is 0 Å². The minimum atomic E-state index is -3.18. The Balaban J connectivity index is 1.57.